The van der Waals surface area contributed by atoms with Gasteiger partial charge in [0.1, 0.15) is 15.6 Å². The summed E-state index contributed by atoms with van der Waals surface area (Å²) in [4.78, 5) is 32.4. The Morgan fingerprint density at radius 3 is 2.33 bits per heavy atom. The molecule has 0 saturated heterocycles. The normalized spacial score (nSPS) is 15.0. The van der Waals surface area contributed by atoms with Crippen LogP contribution >= 0.6 is 11.3 Å². The maximum absolute atomic E-state index is 13.7. The predicted molar refractivity (Wildman–Crippen MR) is 176 cm³/mol. The second-order valence-electron chi connectivity index (χ2n) is 11.5. The van der Waals surface area contributed by atoms with Gasteiger partial charge in [0.25, 0.3) is 11.8 Å². The highest BCUT2D eigenvalue weighted by atomic mass is 32.2. The average molecular weight is 645 g/mol. The maximum Gasteiger partial charge on any atom is 0.258 e. The molecule has 3 N–H and O–H groups in total. The van der Waals surface area contributed by atoms with E-state index < -0.39 is 15.9 Å². The number of anilines is 2. The van der Waals surface area contributed by atoms with Crippen LogP contribution in [0.15, 0.2) is 71.9 Å². The Hall–Kier alpha value is -4.06. The first kappa shape index (κ1) is 30.9. The summed E-state index contributed by atoms with van der Waals surface area (Å²) in [7, 11) is -2.51. The first-order chi connectivity index (χ1) is 21.8. The minimum absolute atomic E-state index is 0.0830. The molecule has 0 radical (unpaired) electrons. The van der Waals surface area contributed by atoms with Crippen molar-refractivity contribution in [2.24, 2.45) is 0 Å². The number of aryl methyl sites for hydroxylation is 1. The Morgan fingerprint density at radius 2 is 1.60 bits per heavy atom. The van der Waals surface area contributed by atoms with E-state index >= 15 is 0 Å². The summed E-state index contributed by atoms with van der Waals surface area (Å²) in [5.74, 6) is -0.621. The van der Waals surface area contributed by atoms with E-state index in [-0.39, 0.29) is 28.2 Å². The van der Waals surface area contributed by atoms with Gasteiger partial charge in [0.05, 0.1) is 12.7 Å². The van der Waals surface area contributed by atoms with Gasteiger partial charge < -0.3 is 15.4 Å². The van der Waals surface area contributed by atoms with Crippen LogP contribution in [0.4, 0.5) is 10.7 Å². The lowest BCUT2D eigenvalue weighted by Gasteiger charge is -2.16. The lowest BCUT2D eigenvalue weighted by molar-refractivity contribution is 0.102. The van der Waals surface area contributed by atoms with Crippen LogP contribution in [-0.2, 0) is 29.3 Å². The van der Waals surface area contributed by atoms with Crippen molar-refractivity contribution in [2.75, 3.05) is 17.7 Å². The molecule has 2 aromatic heterocycles. The molecule has 1 saturated carbocycles. The van der Waals surface area contributed by atoms with Crippen molar-refractivity contribution in [3.05, 3.63) is 99.7 Å². The molecule has 0 atom stereocenters. The van der Waals surface area contributed by atoms with Crippen LogP contribution in [-0.4, -0.2) is 38.4 Å². The van der Waals surface area contributed by atoms with Crippen LogP contribution < -0.4 is 20.1 Å². The molecule has 2 aliphatic carbocycles. The van der Waals surface area contributed by atoms with Crippen LogP contribution in [0.5, 0.6) is 5.75 Å². The molecule has 2 heterocycles. The monoisotopic (exact) mass is 644 g/mol. The third-order valence-corrected chi connectivity index (χ3v) is 11.1. The van der Waals surface area contributed by atoms with Crippen molar-refractivity contribution < 1.29 is 22.7 Å². The number of methoxy groups -OCH3 is 1. The third kappa shape index (κ3) is 7.11. The van der Waals surface area contributed by atoms with Gasteiger partial charge in [-0.15, -0.1) is 11.3 Å². The minimum Gasteiger partial charge on any atom is -0.495 e. The number of aromatic nitrogens is 1. The van der Waals surface area contributed by atoms with Crippen LogP contribution in [0, 0.1) is 0 Å². The molecule has 6 rings (SSSR count). The summed E-state index contributed by atoms with van der Waals surface area (Å²) in [6, 6.07) is 15.9. The summed E-state index contributed by atoms with van der Waals surface area (Å²) in [5.41, 5.74) is 4.51. The van der Waals surface area contributed by atoms with Gasteiger partial charge in [0.2, 0.25) is 10.0 Å². The fourth-order valence-corrected chi connectivity index (χ4v) is 8.84. The number of thiophene rings is 1. The number of hydrogen-bond donors (Lipinski definition) is 3. The fourth-order valence-electron chi connectivity index (χ4n) is 6.06. The molecule has 0 bridgehead atoms. The first-order valence-corrected chi connectivity index (χ1v) is 17.6. The summed E-state index contributed by atoms with van der Waals surface area (Å²) >= 11 is 1.41. The Bertz CT molecular complexity index is 1800. The molecule has 234 valence electrons. The molecule has 0 spiro atoms. The van der Waals surface area contributed by atoms with Gasteiger partial charge in [-0.1, -0.05) is 25.0 Å². The van der Waals surface area contributed by atoms with E-state index in [0.29, 0.717) is 16.3 Å². The lowest BCUT2D eigenvalue weighted by Crippen LogP contribution is -2.33. The number of amides is 2. The topological polar surface area (TPSA) is 126 Å². The molecule has 2 aromatic carbocycles. The number of benzene rings is 2. The second kappa shape index (κ2) is 13.5. The fraction of sp³-hybridized carbons (Fsp3) is 0.324. The number of fused-ring (bicyclic) bond motifs is 1. The van der Waals surface area contributed by atoms with Crippen molar-refractivity contribution in [1.82, 2.24) is 9.71 Å². The van der Waals surface area contributed by atoms with Crippen molar-refractivity contribution in [1.29, 1.82) is 0 Å². The van der Waals surface area contributed by atoms with Crippen LogP contribution in [0.2, 0.25) is 0 Å². The molecule has 45 heavy (non-hydrogen) atoms. The Labute approximate surface area is 267 Å². The summed E-state index contributed by atoms with van der Waals surface area (Å²) in [5, 5.41) is 6.41. The van der Waals surface area contributed by atoms with Crippen LogP contribution in [0.25, 0.3) is 0 Å². The average Bonchev–Trinajstić information content (AvgIpc) is 3.69. The SMILES string of the molecule is COc1ccc(C(=O)Nc2sc3c(c2C(=O)Nc2ccc(Cc4ccncc4)cc2)CCCC3)cc1S(=O)(=O)NC1CCCC1. The standard InChI is InChI=1S/C34H36N4O5S2/c1-43-28-15-12-24(21-30(28)45(41,42)38-26-6-2-3-7-26)32(39)37-34-31(27-8-4-5-9-29(27)44-34)33(40)36-25-13-10-22(11-14-25)20-23-16-18-35-19-17-23/h10-19,21,26,38H,2-9,20H2,1H3,(H,36,40)(H,37,39). The molecule has 0 unspecified atom stereocenters. The first-order valence-electron chi connectivity index (χ1n) is 15.3. The number of nitrogens with zero attached hydrogens (tertiary/aromatic N) is 1. The Balaban J connectivity index is 1.22. The van der Waals surface area contributed by atoms with Gasteiger partial charge in [-0.2, -0.15) is 0 Å². The maximum atomic E-state index is 13.7. The molecule has 2 amide bonds. The second-order valence-corrected chi connectivity index (χ2v) is 14.3. The van der Waals surface area contributed by atoms with Gasteiger partial charge >= 0.3 is 0 Å². The van der Waals surface area contributed by atoms with E-state index in [4.69, 9.17) is 4.74 Å². The van der Waals surface area contributed by atoms with E-state index in [0.717, 1.165) is 79.4 Å². The molecular formula is C34H36N4O5S2. The number of hydrogen-bond acceptors (Lipinski definition) is 7. The predicted octanol–water partition coefficient (Wildman–Crippen LogP) is 6.35. The number of ether oxygens (including phenoxy) is 1. The molecule has 1 fully saturated rings. The highest BCUT2D eigenvalue weighted by Crippen LogP contribution is 2.39. The van der Waals surface area contributed by atoms with Gasteiger partial charge in [0.15, 0.2) is 0 Å². The quantitative estimate of drug-likeness (QED) is 0.185. The van der Waals surface area contributed by atoms with Crippen molar-refractivity contribution in [3.8, 4) is 5.75 Å². The van der Waals surface area contributed by atoms with E-state index in [1.54, 1.807) is 12.4 Å². The molecule has 2 aliphatic rings. The number of rotatable bonds is 10. The summed E-state index contributed by atoms with van der Waals surface area (Å²) in [6.07, 6.45) is 11.4. The Kier molecular flexibility index (Phi) is 9.29. The number of pyridine rings is 1. The number of nitrogens with one attached hydrogen (secondary N) is 3. The summed E-state index contributed by atoms with van der Waals surface area (Å²) < 4.78 is 34.7. The van der Waals surface area contributed by atoms with E-state index in [9.17, 15) is 18.0 Å². The molecular weight excluding hydrogens is 609 g/mol. The van der Waals surface area contributed by atoms with E-state index in [2.05, 4.69) is 20.3 Å². The lowest BCUT2D eigenvalue weighted by atomic mass is 9.95. The largest absolute Gasteiger partial charge is 0.495 e. The zero-order chi connectivity index (χ0) is 31.4. The Morgan fingerprint density at radius 1 is 0.889 bits per heavy atom. The van der Waals surface area contributed by atoms with Crippen molar-refractivity contribution in [2.45, 2.75) is 68.7 Å². The number of sulfonamides is 1. The zero-order valence-electron chi connectivity index (χ0n) is 25.1. The number of carbonyl (C=O) groups is 2. The summed E-state index contributed by atoms with van der Waals surface area (Å²) in [6.45, 7) is 0. The zero-order valence-corrected chi connectivity index (χ0v) is 26.7. The van der Waals surface area contributed by atoms with Gasteiger partial charge in [-0.3, -0.25) is 14.6 Å². The van der Waals surface area contributed by atoms with E-state index in [1.807, 2.05) is 36.4 Å². The molecule has 0 aliphatic heterocycles. The van der Waals surface area contributed by atoms with Crippen molar-refractivity contribution in [3.63, 3.8) is 0 Å². The smallest absolute Gasteiger partial charge is 0.258 e. The van der Waals surface area contributed by atoms with Crippen LogP contribution in [0.1, 0.15) is 80.8 Å². The number of carbonyl (C=O) groups excluding carboxylic acids is 2. The van der Waals surface area contributed by atoms with Gasteiger partial charge in [-0.25, -0.2) is 13.1 Å². The highest BCUT2D eigenvalue weighted by molar-refractivity contribution is 7.89. The van der Waals surface area contributed by atoms with Crippen LogP contribution in [0.3, 0.4) is 0 Å². The molecule has 9 nitrogen and oxygen atoms in total. The van der Waals surface area contributed by atoms with Gasteiger partial charge in [-0.05, 0) is 104 Å². The minimum atomic E-state index is -3.91. The molecule has 4 aromatic rings. The third-order valence-electron chi connectivity index (χ3n) is 8.39. The highest BCUT2D eigenvalue weighted by Gasteiger charge is 2.29. The van der Waals surface area contributed by atoms with Crippen molar-refractivity contribution >= 4 is 43.9 Å². The molecule has 11 heteroatoms. The van der Waals surface area contributed by atoms with Gasteiger partial charge in [0, 0.05) is 34.6 Å². The van der Waals surface area contributed by atoms with E-state index in [1.165, 1.54) is 36.6 Å².